The third-order valence-electron chi connectivity index (χ3n) is 11.4. The van der Waals surface area contributed by atoms with Crippen molar-refractivity contribution in [3.63, 3.8) is 0 Å². The first-order chi connectivity index (χ1) is 39.8. The Labute approximate surface area is 480 Å². The molecule has 0 fully saturated rings. The van der Waals surface area contributed by atoms with Crippen LogP contribution in [-0.4, -0.2) is 44.9 Å². The Morgan fingerprint density at radius 2 is 0.593 bits per heavy atom. The molecule has 410 valence electrons. The van der Waals surface area contributed by atoms with Gasteiger partial charge in [-0.05, 0) is 117 Å². The fraction of sp³-hybridized carbons (Fsp3) is 0.153. The van der Waals surface area contributed by atoms with Crippen LogP contribution >= 0.6 is 0 Å². The Balaban J connectivity index is 0.000000201. The average molecular weight is 1070 g/mol. The van der Waals surface area contributed by atoms with E-state index in [9.17, 15) is 0 Å². The van der Waals surface area contributed by atoms with Gasteiger partial charge in [-0.15, -0.1) is 0 Å². The van der Waals surface area contributed by atoms with E-state index in [0.717, 1.165) is 22.9 Å². The van der Waals surface area contributed by atoms with Crippen LogP contribution in [0.4, 0.5) is 0 Å². The van der Waals surface area contributed by atoms with Crippen LogP contribution in [0.1, 0.15) is 70.0 Å². The van der Waals surface area contributed by atoms with Crippen molar-refractivity contribution in [2.45, 2.75) is 76.2 Å². The smallest absolute Gasteiger partial charge is 0.128 e. The summed E-state index contributed by atoms with van der Waals surface area (Å²) in [6.07, 6.45) is 14.7. The van der Waals surface area contributed by atoms with E-state index in [4.69, 9.17) is 0 Å². The minimum Gasteiger partial charge on any atom is -0.245 e. The van der Waals surface area contributed by atoms with Gasteiger partial charge in [0.2, 0.25) is 0 Å². The second-order valence-corrected chi connectivity index (χ2v) is 17.0. The van der Waals surface area contributed by atoms with E-state index in [2.05, 4.69) is 234 Å². The summed E-state index contributed by atoms with van der Waals surface area (Å²) < 4.78 is 0. The van der Waals surface area contributed by atoms with E-state index < -0.39 is 0 Å². The Bertz CT molecular complexity index is 3360. The molecule has 0 aliphatic heterocycles. The number of nitrogens with zero attached hydrogens (tertiary/aromatic N) is 9. The molecule has 4 heterocycles. The molecule has 9 nitrogen and oxygen atoms in total. The second-order valence-electron chi connectivity index (χ2n) is 17.0. The first kappa shape index (κ1) is 63.8. The van der Waals surface area contributed by atoms with Crippen molar-refractivity contribution in [1.29, 1.82) is 0 Å². The summed E-state index contributed by atoms with van der Waals surface area (Å²) in [4.78, 5) is 34.0. The molecule has 4 aromatic heterocycles. The highest BCUT2D eigenvalue weighted by Crippen LogP contribution is 2.34. The van der Waals surface area contributed by atoms with Gasteiger partial charge >= 0.3 is 0 Å². The maximum absolute atomic E-state index is 3.87. The van der Waals surface area contributed by atoms with Crippen LogP contribution in [0.5, 0.6) is 0 Å². The van der Waals surface area contributed by atoms with Crippen LogP contribution in [0, 0.1) is 34.6 Å². The van der Waals surface area contributed by atoms with Crippen LogP contribution in [0.15, 0.2) is 269 Å². The highest BCUT2D eigenvalue weighted by molar-refractivity contribution is 6.22. The predicted octanol–water partition coefficient (Wildman–Crippen LogP) is 19.0. The minimum atomic E-state index is 0.759. The second kappa shape index (κ2) is 37.9. The third kappa shape index (κ3) is 22.3. The van der Waals surface area contributed by atoms with Crippen LogP contribution in [0.3, 0.4) is 0 Å². The molecular formula is C72H77N9. The Kier molecular flexibility index (Phi) is 29.9. The number of hydrogen-bond donors (Lipinski definition) is 0. The SMILES string of the molecule is CC.CC.CC.Cc1ccccc1.Cc1ccncn1.Cc1cncnc1.Cc1ncccn1.Cc1ncncn1.c1cc2ccc3cccc4ccc(c1)c2c34.c1ccc2c(c1)ccc1ccccc12.c1ccc2ccccc2c1. The van der Waals surface area contributed by atoms with E-state index >= 15 is 0 Å². The molecule has 0 unspecified atom stereocenters. The van der Waals surface area contributed by atoms with Gasteiger partial charge in [-0.25, -0.2) is 44.9 Å². The zero-order valence-electron chi connectivity index (χ0n) is 48.9. The van der Waals surface area contributed by atoms with Crippen molar-refractivity contribution >= 4 is 64.6 Å². The minimum absolute atomic E-state index is 0.759. The summed E-state index contributed by atoms with van der Waals surface area (Å²) in [7, 11) is 0. The van der Waals surface area contributed by atoms with E-state index in [1.54, 1.807) is 37.1 Å². The highest BCUT2D eigenvalue weighted by Gasteiger charge is 2.06. The van der Waals surface area contributed by atoms with Crippen molar-refractivity contribution in [1.82, 2.24) is 44.9 Å². The maximum atomic E-state index is 3.87. The molecule has 0 spiro atoms. The lowest BCUT2D eigenvalue weighted by Crippen LogP contribution is -1.84. The molecule has 0 atom stereocenters. The Hall–Kier alpha value is -9.73. The molecule has 0 aliphatic rings. The lowest BCUT2D eigenvalue weighted by molar-refractivity contribution is 0.974. The molecule has 81 heavy (non-hydrogen) atoms. The van der Waals surface area contributed by atoms with E-state index in [1.165, 1.54) is 95.5 Å². The summed E-state index contributed by atoms with van der Waals surface area (Å²) in [6.45, 7) is 21.7. The molecule has 0 saturated carbocycles. The Morgan fingerprint density at radius 3 is 0.889 bits per heavy atom. The summed E-state index contributed by atoms with van der Waals surface area (Å²) in [5, 5.41) is 16.1. The molecule has 9 heteroatoms. The van der Waals surface area contributed by atoms with Crippen molar-refractivity contribution in [3.05, 3.63) is 297 Å². The number of hydrogen-bond acceptors (Lipinski definition) is 9. The predicted molar refractivity (Wildman–Crippen MR) is 346 cm³/mol. The molecular weight excluding hydrogens is 991 g/mol. The number of aryl methyl sites for hydroxylation is 5. The van der Waals surface area contributed by atoms with Gasteiger partial charge < -0.3 is 0 Å². The number of fused-ring (bicyclic) bond motifs is 4. The zero-order chi connectivity index (χ0) is 58.3. The summed E-state index contributed by atoms with van der Waals surface area (Å²) >= 11 is 0. The van der Waals surface area contributed by atoms with Crippen molar-refractivity contribution in [2.75, 3.05) is 0 Å². The van der Waals surface area contributed by atoms with Crippen LogP contribution < -0.4 is 0 Å². The normalized spacial score (nSPS) is 9.42. The molecule has 0 N–H and O–H groups in total. The molecule has 0 bridgehead atoms. The summed E-state index contributed by atoms with van der Waals surface area (Å²) in [5.41, 5.74) is 3.43. The molecule has 0 amide bonds. The first-order valence-electron chi connectivity index (χ1n) is 27.5. The fourth-order valence-electron chi connectivity index (χ4n) is 7.69. The van der Waals surface area contributed by atoms with Gasteiger partial charge in [0, 0.05) is 36.7 Å². The number of benzene rings is 10. The van der Waals surface area contributed by atoms with Crippen molar-refractivity contribution in [2.24, 2.45) is 0 Å². The monoisotopic (exact) mass is 1070 g/mol. The molecule has 10 aromatic carbocycles. The maximum Gasteiger partial charge on any atom is 0.128 e. The molecule has 0 aliphatic carbocycles. The van der Waals surface area contributed by atoms with Crippen molar-refractivity contribution in [3.8, 4) is 0 Å². The standard InChI is InChI=1S/C16H10.C14H10.C10H8.C7H8.3C5H6N2.C4H5N3.3C2H6/c1-3-11-7-9-13-5-2-6-14-10-8-12(4-1)15(11)16(13)14;1-3-7-13-11(5-1)9-10-12-6-2-4-8-14(12)13;1-2-6-10-8-4-3-7-9(10)5-1;1-7-5-3-2-4-6-7;1-5-2-6-4-7-3-5;1-5-2-3-6-4-7-5;1-5-6-3-2-4-7-5;1-4-6-2-5-3-7-4;3*1-2/h1-10H;1-10H;1-8H;2-6H,1H3;3*2-4H,1H3;2-3H,1H3;3*1-2H3. The largest absolute Gasteiger partial charge is 0.245 e. The van der Waals surface area contributed by atoms with Gasteiger partial charge in [-0.3, -0.25) is 0 Å². The van der Waals surface area contributed by atoms with Crippen LogP contribution in [-0.2, 0) is 0 Å². The number of aromatic nitrogens is 9. The molecule has 0 radical (unpaired) electrons. The van der Waals surface area contributed by atoms with Gasteiger partial charge in [-0.1, -0.05) is 247 Å². The third-order valence-corrected chi connectivity index (χ3v) is 11.4. The van der Waals surface area contributed by atoms with Gasteiger partial charge in [0.15, 0.2) is 0 Å². The van der Waals surface area contributed by atoms with Crippen molar-refractivity contribution < 1.29 is 0 Å². The Morgan fingerprint density at radius 1 is 0.235 bits per heavy atom. The quantitative estimate of drug-likeness (QED) is 0.137. The summed E-state index contributed by atoms with van der Waals surface area (Å²) in [5.74, 6) is 1.58. The van der Waals surface area contributed by atoms with Crippen LogP contribution in [0.2, 0.25) is 0 Å². The molecule has 14 aromatic rings. The fourth-order valence-corrected chi connectivity index (χ4v) is 7.69. The van der Waals surface area contributed by atoms with Gasteiger partial charge in [0.1, 0.15) is 37.0 Å². The van der Waals surface area contributed by atoms with E-state index in [-0.39, 0.29) is 0 Å². The van der Waals surface area contributed by atoms with Gasteiger partial charge in [0.05, 0.1) is 0 Å². The molecule has 14 rings (SSSR count). The average Bonchev–Trinajstić information content (AvgIpc) is 3.56. The lowest BCUT2D eigenvalue weighted by atomic mass is 9.95. The lowest BCUT2D eigenvalue weighted by Gasteiger charge is -2.09. The van der Waals surface area contributed by atoms with E-state index in [1.807, 2.05) is 93.5 Å². The highest BCUT2D eigenvalue weighted by atomic mass is 15.0. The van der Waals surface area contributed by atoms with Gasteiger partial charge in [0.25, 0.3) is 0 Å². The van der Waals surface area contributed by atoms with Crippen LogP contribution in [0.25, 0.3) is 64.6 Å². The summed E-state index contributed by atoms with van der Waals surface area (Å²) in [6, 6.07) is 73.9. The topological polar surface area (TPSA) is 116 Å². The molecule has 0 saturated heterocycles. The first-order valence-corrected chi connectivity index (χ1v) is 27.5. The van der Waals surface area contributed by atoms with Gasteiger partial charge in [-0.2, -0.15) is 0 Å². The number of rotatable bonds is 0. The zero-order valence-corrected chi connectivity index (χ0v) is 48.9. The van der Waals surface area contributed by atoms with E-state index in [0.29, 0.717) is 0 Å².